The van der Waals surface area contributed by atoms with Gasteiger partial charge in [-0.3, -0.25) is 4.79 Å². The van der Waals surface area contributed by atoms with Crippen LogP contribution in [0.1, 0.15) is 27.0 Å². The number of hydrogen-bond donors (Lipinski definition) is 1. The number of aryl methyl sites for hydroxylation is 2. The Hall–Kier alpha value is -3.08. The van der Waals surface area contributed by atoms with Crippen LogP contribution >= 0.6 is 0 Å². The van der Waals surface area contributed by atoms with E-state index in [4.69, 9.17) is 9.15 Å². The van der Waals surface area contributed by atoms with Crippen LogP contribution in [0.15, 0.2) is 51.7 Å². The summed E-state index contributed by atoms with van der Waals surface area (Å²) in [6, 6.07) is 12.2. The zero-order valence-electron chi connectivity index (χ0n) is 14.4. The fourth-order valence-corrected chi connectivity index (χ4v) is 2.95. The van der Waals surface area contributed by atoms with Crippen LogP contribution in [0.25, 0.3) is 11.0 Å². The fourth-order valence-electron chi connectivity index (χ4n) is 2.95. The molecule has 0 saturated carbocycles. The fraction of sp³-hybridized carbons (Fsp3) is 0.200. The summed E-state index contributed by atoms with van der Waals surface area (Å²) in [4.78, 5) is 24.2. The largest absolute Gasteiger partial charge is 0.497 e. The number of hydrogen-bond acceptors (Lipinski definition) is 4. The van der Waals surface area contributed by atoms with Gasteiger partial charge in [0.25, 0.3) is 5.91 Å². The van der Waals surface area contributed by atoms with Gasteiger partial charge in [-0.15, -0.1) is 0 Å². The third-order valence-corrected chi connectivity index (χ3v) is 4.04. The highest BCUT2D eigenvalue weighted by atomic mass is 16.5. The molecule has 1 aromatic heterocycles. The molecule has 0 aliphatic rings. The van der Waals surface area contributed by atoms with E-state index in [1.807, 2.05) is 26.0 Å². The van der Waals surface area contributed by atoms with Crippen LogP contribution in [0.3, 0.4) is 0 Å². The molecule has 25 heavy (non-hydrogen) atoms. The third-order valence-electron chi connectivity index (χ3n) is 4.04. The summed E-state index contributed by atoms with van der Waals surface area (Å²) in [5.41, 5.74) is 3.37. The number of carbonyl (C=O) groups is 1. The second-order valence-electron chi connectivity index (χ2n) is 5.96. The van der Waals surface area contributed by atoms with Gasteiger partial charge >= 0.3 is 5.63 Å². The van der Waals surface area contributed by atoms with Gasteiger partial charge in [-0.05, 0) is 54.8 Å². The predicted octanol–water partition coefficient (Wildman–Crippen LogP) is 3.35. The molecule has 2 aromatic carbocycles. The van der Waals surface area contributed by atoms with E-state index in [1.165, 1.54) is 6.07 Å². The number of carbonyl (C=O) groups excluding carboxylic acids is 1. The predicted molar refractivity (Wildman–Crippen MR) is 96.1 cm³/mol. The van der Waals surface area contributed by atoms with Gasteiger partial charge in [0, 0.05) is 23.6 Å². The Bertz CT molecular complexity index is 1000. The van der Waals surface area contributed by atoms with Gasteiger partial charge in [0.15, 0.2) is 0 Å². The van der Waals surface area contributed by atoms with E-state index < -0.39 is 5.63 Å². The zero-order chi connectivity index (χ0) is 18.0. The van der Waals surface area contributed by atoms with Gasteiger partial charge in [0.2, 0.25) is 0 Å². The molecule has 0 unspecified atom stereocenters. The van der Waals surface area contributed by atoms with Crippen molar-refractivity contribution < 1.29 is 13.9 Å². The van der Waals surface area contributed by atoms with Gasteiger partial charge in [-0.1, -0.05) is 12.1 Å². The second-order valence-corrected chi connectivity index (χ2v) is 5.96. The van der Waals surface area contributed by atoms with Crippen molar-refractivity contribution in [2.45, 2.75) is 20.4 Å². The number of nitrogens with one attached hydrogen (secondary N) is 1. The van der Waals surface area contributed by atoms with Crippen LogP contribution in [0, 0.1) is 13.8 Å². The Labute approximate surface area is 145 Å². The number of rotatable bonds is 4. The van der Waals surface area contributed by atoms with Crippen molar-refractivity contribution in [3.8, 4) is 5.75 Å². The molecule has 0 radical (unpaired) electrons. The lowest BCUT2D eigenvalue weighted by Gasteiger charge is -2.11. The first kappa shape index (κ1) is 16.8. The summed E-state index contributed by atoms with van der Waals surface area (Å²) in [6.45, 7) is 4.15. The van der Waals surface area contributed by atoms with E-state index in [2.05, 4.69) is 5.32 Å². The smallest absolute Gasteiger partial charge is 0.336 e. The molecule has 3 aromatic rings. The standard InChI is InChI=1S/C20H19NO4/c1-12-7-13(2)19-15(10-18(22)25-17(19)8-12)11-21-20(23)14-5-4-6-16(9-14)24-3/h4-10H,11H2,1-3H3,(H,21,23). The van der Waals surface area contributed by atoms with Gasteiger partial charge in [-0.2, -0.15) is 0 Å². The molecule has 5 nitrogen and oxygen atoms in total. The highest BCUT2D eigenvalue weighted by Gasteiger charge is 2.12. The molecule has 0 atom stereocenters. The molecule has 0 saturated heterocycles. The maximum absolute atomic E-state index is 12.4. The van der Waals surface area contributed by atoms with Crippen LogP contribution < -0.4 is 15.7 Å². The first-order valence-electron chi connectivity index (χ1n) is 7.94. The Morgan fingerprint density at radius 2 is 1.96 bits per heavy atom. The Balaban J connectivity index is 1.90. The second kappa shape index (κ2) is 6.81. The lowest BCUT2D eigenvalue weighted by atomic mass is 10.0. The van der Waals surface area contributed by atoms with Crippen molar-refractivity contribution >= 4 is 16.9 Å². The van der Waals surface area contributed by atoms with Gasteiger partial charge in [0.1, 0.15) is 11.3 Å². The van der Waals surface area contributed by atoms with Crippen molar-refractivity contribution in [1.82, 2.24) is 5.32 Å². The van der Waals surface area contributed by atoms with Crippen molar-refractivity contribution in [1.29, 1.82) is 0 Å². The van der Waals surface area contributed by atoms with Crippen LogP contribution in [-0.2, 0) is 6.54 Å². The van der Waals surface area contributed by atoms with E-state index in [9.17, 15) is 9.59 Å². The summed E-state index contributed by atoms with van der Waals surface area (Å²) < 4.78 is 10.4. The molecule has 0 spiro atoms. The van der Waals surface area contributed by atoms with Crippen LogP contribution in [0.4, 0.5) is 0 Å². The molecule has 0 aliphatic carbocycles. The summed E-state index contributed by atoms with van der Waals surface area (Å²) in [6.07, 6.45) is 0. The molecular formula is C20H19NO4. The molecule has 5 heteroatoms. The number of benzene rings is 2. The minimum atomic E-state index is -0.428. The maximum Gasteiger partial charge on any atom is 0.336 e. The quantitative estimate of drug-likeness (QED) is 0.741. The highest BCUT2D eigenvalue weighted by molar-refractivity contribution is 5.95. The molecule has 3 rings (SSSR count). The van der Waals surface area contributed by atoms with E-state index in [0.29, 0.717) is 16.9 Å². The van der Waals surface area contributed by atoms with Gasteiger partial charge in [0.05, 0.1) is 7.11 Å². The first-order valence-corrected chi connectivity index (χ1v) is 7.94. The minimum Gasteiger partial charge on any atom is -0.497 e. The molecule has 1 heterocycles. The van der Waals surface area contributed by atoms with Crippen LogP contribution in [0.5, 0.6) is 5.75 Å². The van der Waals surface area contributed by atoms with E-state index in [0.717, 1.165) is 22.1 Å². The van der Waals surface area contributed by atoms with E-state index in [1.54, 1.807) is 31.4 Å². The Morgan fingerprint density at radius 3 is 2.72 bits per heavy atom. The number of methoxy groups -OCH3 is 1. The minimum absolute atomic E-state index is 0.231. The van der Waals surface area contributed by atoms with Crippen molar-refractivity contribution in [2.24, 2.45) is 0 Å². The topological polar surface area (TPSA) is 68.5 Å². The number of fused-ring (bicyclic) bond motifs is 1. The van der Waals surface area contributed by atoms with Gasteiger partial charge < -0.3 is 14.5 Å². The molecule has 0 bridgehead atoms. The summed E-state index contributed by atoms with van der Waals surface area (Å²) in [5, 5.41) is 3.71. The van der Waals surface area contributed by atoms with E-state index in [-0.39, 0.29) is 12.5 Å². The van der Waals surface area contributed by atoms with Crippen molar-refractivity contribution in [2.75, 3.05) is 7.11 Å². The van der Waals surface area contributed by atoms with Crippen LogP contribution in [0.2, 0.25) is 0 Å². The zero-order valence-corrected chi connectivity index (χ0v) is 14.4. The normalized spacial score (nSPS) is 10.7. The molecule has 0 aliphatic heterocycles. The average molecular weight is 337 g/mol. The average Bonchev–Trinajstić information content (AvgIpc) is 2.58. The molecule has 128 valence electrons. The van der Waals surface area contributed by atoms with Crippen molar-refractivity contribution in [3.05, 3.63) is 75.1 Å². The van der Waals surface area contributed by atoms with Gasteiger partial charge in [-0.25, -0.2) is 4.79 Å². The summed E-state index contributed by atoms with van der Waals surface area (Å²) in [5.74, 6) is 0.384. The lowest BCUT2D eigenvalue weighted by Crippen LogP contribution is -2.23. The highest BCUT2D eigenvalue weighted by Crippen LogP contribution is 2.23. The van der Waals surface area contributed by atoms with Crippen molar-refractivity contribution in [3.63, 3.8) is 0 Å². The first-order chi connectivity index (χ1) is 12.0. The molecular weight excluding hydrogens is 318 g/mol. The number of amides is 1. The van der Waals surface area contributed by atoms with Crippen LogP contribution in [-0.4, -0.2) is 13.0 Å². The Morgan fingerprint density at radius 1 is 1.16 bits per heavy atom. The number of ether oxygens (including phenoxy) is 1. The maximum atomic E-state index is 12.4. The van der Waals surface area contributed by atoms with E-state index >= 15 is 0 Å². The SMILES string of the molecule is COc1cccc(C(=O)NCc2cc(=O)oc3cc(C)cc(C)c23)c1. The molecule has 1 N–H and O–H groups in total. The summed E-state index contributed by atoms with van der Waals surface area (Å²) >= 11 is 0. The molecule has 0 fully saturated rings. The molecule has 1 amide bonds. The Kier molecular flexibility index (Phi) is 4.57. The third kappa shape index (κ3) is 3.55. The summed E-state index contributed by atoms with van der Waals surface area (Å²) in [7, 11) is 1.55. The lowest BCUT2D eigenvalue weighted by molar-refractivity contribution is 0.0950. The monoisotopic (exact) mass is 337 g/mol.